The van der Waals surface area contributed by atoms with Crippen molar-refractivity contribution in [2.75, 3.05) is 44.9 Å². The number of anilines is 1. The van der Waals surface area contributed by atoms with Gasteiger partial charge in [0.15, 0.2) is 0 Å². The molecule has 9 nitrogen and oxygen atoms in total. The third-order valence-electron chi connectivity index (χ3n) is 12.1. The second-order valence-corrected chi connectivity index (χ2v) is 21.9. The van der Waals surface area contributed by atoms with E-state index in [1.54, 1.807) is 0 Å². The maximum Gasteiger partial charge on any atom is 0.307 e. The first-order valence-electron chi connectivity index (χ1n) is 23.0. The predicted molar refractivity (Wildman–Crippen MR) is 263 cm³/mol. The van der Waals surface area contributed by atoms with Crippen LogP contribution in [0, 0.1) is 0 Å². The van der Waals surface area contributed by atoms with Gasteiger partial charge in [0.05, 0.1) is 5.54 Å². The Hall–Kier alpha value is -4.86. The number of carbonyl (C=O) groups is 2. The summed E-state index contributed by atoms with van der Waals surface area (Å²) in [5, 5.41) is 29.1. The Morgan fingerprint density at radius 2 is 0.953 bits per heavy atom. The van der Waals surface area contributed by atoms with Gasteiger partial charge in [-0.25, -0.2) is 0 Å². The van der Waals surface area contributed by atoms with Gasteiger partial charge in [-0.2, -0.15) is 0 Å². The van der Waals surface area contributed by atoms with Crippen LogP contribution >= 0.6 is 0 Å². The molecule has 4 aromatic rings. The van der Waals surface area contributed by atoms with Crippen LogP contribution in [0.15, 0.2) is 78.9 Å². The summed E-state index contributed by atoms with van der Waals surface area (Å²) >= 11 is 0. The van der Waals surface area contributed by atoms with E-state index in [9.17, 15) is 19.8 Å². The minimum Gasteiger partial charge on any atom is -0.507 e. The number of hydrogen-bond acceptors (Lipinski definition) is 9. The molecule has 64 heavy (non-hydrogen) atoms. The Morgan fingerprint density at radius 1 is 0.547 bits per heavy atom. The number of nitrogens with one attached hydrogen (secondary N) is 2. The lowest BCUT2D eigenvalue weighted by Crippen LogP contribution is -2.57. The Morgan fingerprint density at radius 3 is 1.39 bits per heavy atom. The maximum absolute atomic E-state index is 13.1. The van der Waals surface area contributed by atoms with E-state index < -0.39 is 5.54 Å². The molecule has 9 heteroatoms. The Bertz CT molecular complexity index is 2080. The van der Waals surface area contributed by atoms with Crippen LogP contribution in [0.3, 0.4) is 0 Å². The second kappa shape index (κ2) is 21.4. The number of hydrogen-bond donors (Lipinski definition) is 4. The molecule has 0 aromatic heterocycles. The first-order chi connectivity index (χ1) is 29.7. The van der Waals surface area contributed by atoms with Gasteiger partial charge in [-0.15, -0.1) is 0 Å². The first-order valence-corrected chi connectivity index (χ1v) is 23.0. The van der Waals surface area contributed by atoms with Gasteiger partial charge >= 0.3 is 11.9 Å². The zero-order valence-electron chi connectivity index (χ0n) is 41.6. The number of phenolic OH excluding ortho intramolecular Hbond substituents is 2. The highest BCUT2D eigenvalue weighted by molar-refractivity contribution is 5.70. The molecular formula is C55H79N3O6. The van der Waals surface area contributed by atoms with Crippen molar-refractivity contribution < 1.29 is 29.3 Å². The van der Waals surface area contributed by atoms with E-state index in [1.807, 2.05) is 30.3 Å². The van der Waals surface area contributed by atoms with Crippen LogP contribution < -0.4 is 15.5 Å². The molecule has 1 atom stereocenters. The van der Waals surface area contributed by atoms with E-state index in [4.69, 9.17) is 9.47 Å². The normalized spacial score (nSPS) is 13.3. The van der Waals surface area contributed by atoms with Crippen LogP contribution in [0.2, 0.25) is 0 Å². The predicted octanol–water partition coefficient (Wildman–Crippen LogP) is 10.6. The van der Waals surface area contributed by atoms with Crippen LogP contribution in [0.25, 0.3) is 0 Å². The lowest BCUT2D eigenvalue weighted by Gasteiger charge is -2.41. The summed E-state index contributed by atoms with van der Waals surface area (Å²) in [5.74, 6) is 0.0958. The molecule has 0 heterocycles. The van der Waals surface area contributed by atoms with Crippen molar-refractivity contribution in [2.45, 2.75) is 149 Å². The fraction of sp³-hybridized carbons (Fsp3) is 0.527. The zero-order chi connectivity index (χ0) is 47.7. The van der Waals surface area contributed by atoms with E-state index >= 15 is 0 Å². The molecule has 350 valence electrons. The average Bonchev–Trinajstić information content (AvgIpc) is 3.20. The molecule has 1 unspecified atom stereocenters. The van der Waals surface area contributed by atoms with Crippen molar-refractivity contribution in [3.05, 3.63) is 123 Å². The average molecular weight is 878 g/mol. The number of benzene rings is 4. The number of aromatic hydroxyl groups is 2. The molecule has 0 fully saturated rings. The number of nitrogens with zero attached hydrogens (tertiary/aromatic N) is 1. The van der Waals surface area contributed by atoms with E-state index in [0.717, 1.165) is 45.5 Å². The molecule has 0 saturated heterocycles. The topological polar surface area (TPSA) is 120 Å². The summed E-state index contributed by atoms with van der Waals surface area (Å²) in [6.45, 7) is 29.0. The summed E-state index contributed by atoms with van der Waals surface area (Å²) in [6.07, 6.45) is 2.34. The molecule has 4 aromatic carbocycles. The largest absolute Gasteiger partial charge is 0.507 e. The molecule has 0 spiro atoms. The SMILES string of the molecule is CN(c1ccc(Cc2ccccc2)cc1)C(C)(CNCCOC(=O)CCc1cc(C(C)(C)C)c(O)c(C(C)(C)C)c1)CNCOC(=O)CCc1cc(C(C)(C)C)c(O)c(C(C)(C)C)c1. The molecule has 0 amide bonds. The summed E-state index contributed by atoms with van der Waals surface area (Å²) in [6, 6.07) is 27.1. The number of esters is 2. The minimum absolute atomic E-state index is 0.0570. The van der Waals surface area contributed by atoms with E-state index in [0.29, 0.717) is 44.0 Å². The van der Waals surface area contributed by atoms with Gasteiger partial charge in [-0.1, -0.05) is 150 Å². The maximum atomic E-state index is 13.1. The van der Waals surface area contributed by atoms with E-state index in [1.165, 1.54) is 11.1 Å². The quantitative estimate of drug-likeness (QED) is 0.0415. The van der Waals surface area contributed by atoms with Gasteiger partial charge in [0.25, 0.3) is 0 Å². The summed E-state index contributed by atoms with van der Waals surface area (Å²) < 4.78 is 11.4. The van der Waals surface area contributed by atoms with E-state index in [-0.39, 0.29) is 59.8 Å². The standard InChI is InChI=1S/C55H79N3O6/c1-51(2,3)43-31-40(32-44(49(43)61)52(4,5)6)22-26-47(59)63-29-28-56-35-55(13,58(14)42-24-20-39(21-25-42)30-38-18-16-15-17-19-38)36-57-37-64-48(60)27-23-41-33-45(53(7,8)9)50(62)46(34-41)54(10,11)12/h15-21,24-25,31-34,56-57,61-62H,22-23,26-30,35-37H2,1-14H3. The smallest absolute Gasteiger partial charge is 0.307 e. The minimum atomic E-state index is -0.468. The molecule has 0 aliphatic carbocycles. The number of phenols is 2. The van der Waals surface area contributed by atoms with Gasteiger partial charge < -0.3 is 29.9 Å². The van der Waals surface area contributed by atoms with Crippen molar-refractivity contribution in [2.24, 2.45) is 0 Å². The molecule has 4 N–H and O–H groups in total. The lowest BCUT2D eigenvalue weighted by atomic mass is 9.78. The Kier molecular flexibility index (Phi) is 17.3. The van der Waals surface area contributed by atoms with Crippen molar-refractivity contribution in [3.8, 4) is 11.5 Å². The van der Waals surface area contributed by atoms with Gasteiger partial charge in [0, 0.05) is 45.2 Å². The van der Waals surface area contributed by atoms with Crippen LogP contribution in [-0.4, -0.2) is 67.7 Å². The third kappa shape index (κ3) is 14.8. The highest BCUT2D eigenvalue weighted by Crippen LogP contribution is 2.41. The van der Waals surface area contributed by atoms with Gasteiger partial charge in [0.2, 0.25) is 0 Å². The van der Waals surface area contributed by atoms with Gasteiger partial charge in [-0.05, 0) is 104 Å². The first kappa shape index (κ1) is 51.8. The fourth-order valence-electron chi connectivity index (χ4n) is 7.93. The van der Waals surface area contributed by atoms with Crippen LogP contribution in [0.5, 0.6) is 11.5 Å². The number of rotatable bonds is 19. The Labute approximate surface area is 385 Å². The highest BCUT2D eigenvalue weighted by atomic mass is 16.5. The van der Waals surface area contributed by atoms with Crippen molar-refractivity contribution in [1.29, 1.82) is 0 Å². The van der Waals surface area contributed by atoms with Crippen molar-refractivity contribution in [1.82, 2.24) is 10.6 Å². The number of ether oxygens (including phenoxy) is 2. The molecule has 4 rings (SSSR count). The summed E-state index contributed by atoms with van der Waals surface area (Å²) in [4.78, 5) is 28.2. The number of carbonyl (C=O) groups excluding carboxylic acids is 2. The number of aryl methyl sites for hydroxylation is 2. The summed E-state index contributed by atoms with van der Waals surface area (Å²) in [5.41, 5.74) is 7.58. The molecule has 0 saturated carbocycles. The van der Waals surface area contributed by atoms with Crippen LogP contribution in [-0.2, 0) is 60.0 Å². The van der Waals surface area contributed by atoms with Gasteiger partial charge in [-0.3, -0.25) is 14.9 Å². The monoisotopic (exact) mass is 878 g/mol. The highest BCUT2D eigenvalue weighted by Gasteiger charge is 2.31. The lowest BCUT2D eigenvalue weighted by molar-refractivity contribution is -0.145. The molecular weight excluding hydrogens is 799 g/mol. The molecule has 0 aliphatic rings. The molecule has 0 radical (unpaired) electrons. The molecule has 0 aliphatic heterocycles. The van der Waals surface area contributed by atoms with Crippen LogP contribution in [0.1, 0.15) is 147 Å². The number of likely N-dealkylation sites (N-methyl/N-ethyl adjacent to an activating group) is 1. The Balaban J connectivity index is 1.36. The zero-order valence-corrected chi connectivity index (χ0v) is 41.6. The van der Waals surface area contributed by atoms with Crippen molar-refractivity contribution in [3.63, 3.8) is 0 Å². The van der Waals surface area contributed by atoms with Crippen LogP contribution in [0.4, 0.5) is 5.69 Å². The van der Waals surface area contributed by atoms with Gasteiger partial charge in [0.1, 0.15) is 24.8 Å². The third-order valence-corrected chi connectivity index (χ3v) is 12.1. The molecule has 0 bridgehead atoms. The van der Waals surface area contributed by atoms with Crippen molar-refractivity contribution >= 4 is 17.6 Å². The summed E-state index contributed by atoms with van der Waals surface area (Å²) in [7, 11) is 2.07. The van der Waals surface area contributed by atoms with E-state index in [2.05, 4.69) is 161 Å². The fourth-order valence-corrected chi connectivity index (χ4v) is 7.93. The second-order valence-electron chi connectivity index (χ2n) is 21.9.